The van der Waals surface area contributed by atoms with Crippen LogP contribution in [0.2, 0.25) is 0 Å². The van der Waals surface area contributed by atoms with Crippen LogP contribution in [-0.2, 0) is 0 Å². The Morgan fingerprint density at radius 2 is 2.20 bits per heavy atom. The molecular formula is C9H19N. The van der Waals surface area contributed by atoms with Crippen LogP contribution in [0.25, 0.3) is 0 Å². The highest BCUT2D eigenvalue weighted by Crippen LogP contribution is 2.08. The van der Waals surface area contributed by atoms with Gasteiger partial charge in [0.15, 0.2) is 0 Å². The van der Waals surface area contributed by atoms with Gasteiger partial charge in [0.1, 0.15) is 0 Å². The van der Waals surface area contributed by atoms with Gasteiger partial charge in [0.2, 0.25) is 0 Å². The molecule has 2 atom stereocenters. The van der Waals surface area contributed by atoms with E-state index in [0.29, 0.717) is 12.0 Å². The average molecular weight is 141 g/mol. The minimum atomic E-state index is 0.317. The van der Waals surface area contributed by atoms with E-state index in [4.69, 9.17) is 5.73 Å². The van der Waals surface area contributed by atoms with E-state index in [1.54, 1.807) is 0 Å². The van der Waals surface area contributed by atoms with Crippen LogP contribution in [0.15, 0.2) is 12.7 Å². The maximum atomic E-state index is 5.84. The summed E-state index contributed by atoms with van der Waals surface area (Å²) in [7, 11) is 0. The predicted octanol–water partition coefficient (Wildman–Crippen LogP) is 2.33. The van der Waals surface area contributed by atoms with Gasteiger partial charge in [-0.15, -0.1) is 6.58 Å². The van der Waals surface area contributed by atoms with Crippen LogP contribution in [0.5, 0.6) is 0 Å². The molecule has 1 heteroatoms. The predicted molar refractivity (Wildman–Crippen MR) is 46.9 cm³/mol. The highest BCUT2D eigenvalue weighted by atomic mass is 14.6. The van der Waals surface area contributed by atoms with E-state index in [1.807, 2.05) is 6.08 Å². The maximum Gasteiger partial charge on any atom is 0.00991 e. The Morgan fingerprint density at radius 1 is 1.60 bits per heavy atom. The van der Waals surface area contributed by atoms with Gasteiger partial charge in [-0.3, -0.25) is 0 Å². The summed E-state index contributed by atoms with van der Waals surface area (Å²) < 4.78 is 0. The second-order valence-corrected chi connectivity index (χ2v) is 2.90. The molecule has 0 aliphatic rings. The molecule has 0 saturated heterocycles. The SMILES string of the molecule is C=C[C@@H](C)[C@@H](N)CCCC. The highest BCUT2D eigenvalue weighted by molar-refractivity contribution is 4.83. The lowest BCUT2D eigenvalue weighted by atomic mass is 9.98. The van der Waals surface area contributed by atoms with Gasteiger partial charge in [-0.25, -0.2) is 0 Å². The zero-order valence-electron chi connectivity index (χ0n) is 7.14. The van der Waals surface area contributed by atoms with Gasteiger partial charge in [-0.05, 0) is 12.3 Å². The van der Waals surface area contributed by atoms with Crippen molar-refractivity contribution in [2.75, 3.05) is 0 Å². The quantitative estimate of drug-likeness (QED) is 0.584. The largest absolute Gasteiger partial charge is 0.327 e. The minimum Gasteiger partial charge on any atom is -0.327 e. The monoisotopic (exact) mass is 141 g/mol. The van der Waals surface area contributed by atoms with Crippen molar-refractivity contribution in [2.24, 2.45) is 11.7 Å². The Hall–Kier alpha value is -0.300. The Labute approximate surface area is 64.3 Å². The van der Waals surface area contributed by atoms with Crippen molar-refractivity contribution < 1.29 is 0 Å². The molecule has 0 aromatic heterocycles. The van der Waals surface area contributed by atoms with Crippen LogP contribution in [0.3, 0.4) is 0 Å². The molecular weight excluding hydrogens is 122 g/mol. The Kier molecular flexibility index (Phi) is 5.32. The van der Waals surface area contributed by atoms with Gasteiger partial charge in [0.05, 0.1) is 0 Å². The van der Waals surface area contributed by atoms with Gasteiger partial charge in [-0.2, -0.15) is 0 Å². The summed E-state index contributed by atoms with van der Waals surface area (Å²) in [5, 5.41) is 0. The van der Waals surface area contributed by atoms with Crippen LogP contribution in [0.4, 0.5) is 0 Å². The summed E-state index contributed by atoms with van der Waals surface area (Å²) >= 11 is 0. The van der Waals surface area contributed by atoms with E-state index in [-0.39, 0.29) is 0 Å². The molecule has 0 unspecified atom stereocenters. The second-order valence-electron chi connectivity index (χ2n) is 2.90. The summed E-state index contributed by atoms with van der Waals surface area (Å²) in [6, 6.07) is 0.317. The van der Waals surface area contributed by atoms with E-state index in [1.165, 1.54) is 12.8 Å². The van der Waals surface area contributed by atoms with Gasteiger partial charge in [-0.1, -0.05) is 32.8 Å². The minimum absolute atomic E-state index is 0.317. The van der Waals surface area contributed by atoms with Crippen LogP contribution < -0.4 is 5.73 Å². The smallest absolute Gasteiger partial charge is 0.00991 e. The summed E-state index contributed by atoms with van der Waals surface area (Å²) in [4.78, 5) is 0. The van der Waals surface area contributed by atoms with Gasteiger partial charge in [0, 0.05) is 6.04 Å². The third-order valence-corrected chi connectivity index (χ3v) is 1.94. The topological polar surface area (TPSA) is 26.0 Å². The second kappa shape index (κ2) is 5.48. The van der Waals surface area contributed by atoms with E-state index in [2.05, 4.69) is 20.4 Å². The summed E-state index contributed by atoms with van der Waals surface area (Å²) in [5.74, 6) is 0.464. The highest BCUT2D eigenvalue weighted by Gasteiger charge is 2.06. The number of hydrogen-bond acceptors (Lipinski definition) is 1. The van der Waals surface area contributed by atoms with Crippen LogP contribution in [0, 0.1) is 5.92 Å². The maximum absolute atomic E-state index is 5.84. The molecule has 0 bridgehead atoms. The van der Waals surface area contributed by atoms with Crippen LogP contribution in [-0.4, -0.2) is 6.04 Å². The first-order valence-electron chi connectivity index (χ1n) is 4.10. The summed E-state index contributed by atoms with van der Waals surface area (Å²) in [6.07, 6.45) is 5.53. The van der Waals surface area contributed by atoms with Crippen LogP contribution in [0.1, 0.15) is 33.1 Å². The van der Waals surface area contributed by atoms with E-state index < -0.39 is 0 Å². The van der Waals surface area contributed by atoms with Crippen molar-refractivity contribution in [3.05, 3.63) is 12.7 Å². The Bertz CT molecular complexity index is 88.7. The molecule has 0 aromatic carbocycles. The molecule has 0 aliphatic carbocycles. The van der Waals surface area contributed by atoms with Crippen molar-refractivity contribution in [2.45, 2.75) is 39.2 Å². The number of rotatable bonds is 5. The summed E-state index contributed by atoms with van der Waals surface area (Å²) in [6.45, 7) is 8.01. The molecule has 2 N–H and O–H groups in total. The summed E-state index contributed by atoms with van der Waals surface area (Å²) in [5.41, 5.74) is 5.84. The van der Waals surface area contributed by atoms with E-state index >= 15 is 0 Å². The molecule has 0 aliphatic heterocycles. The van der Waals surface area contributed by atoms with Crippen molar-refractivity contribution in [1.29, 1.82) is 0 Å². The first-order valence-corrected chi connectivity index (χ1v) is 4.10. The lowest BCUT2D eigenvalue weighted by Crippen LogP contribution is -2.26. The van der Waals surface area contributed by atoms with E-state index in [9.17, 15) is 0 Å². The average Bonchev–Trinajstić information content (AvgIpc) is 1.98. The molecule has 0 amide bonds. The normalized spacial score (nSPS) is 16.3. The standard InChI is InChI=1S/C9H19N/c1-4-6-7-9(10)8(3)5-2/h5,8-9H,2,4,6-7,10H2,1,3H3/t8-,9+/m1/s1. The number of unbranched alkanes of at least 4 members (excludes halogenated alkanes) is 1. The molecule has 0 rings (SSSR count). The van der Waals surface area contributed by atoms with Crippen LogP contribution >= 0.6 is 0 Å². The zero-order chi connectivity index (χ0) is 7.98. The molecule has 60 valence electrons. The van der Waals surface area contributed by atoms with Crippen molar-refractivity contribution >= 4 is 0 Å². The molecule has 0 heterocycles. The molecule has 0 saturated carbocycles. The number of nitrogens with two attached hydrogens (primary N) is 1. The van der Waals surface area contributed by atoms with Crippen molar-refractivity contribution in [3.8, 4) is 0 Å². The molecule has 0 aromatic rings. The molecule has 0 radical (unpaired) electrons. The zero-order valence-corrected chi connectivity index (χ0v) is 7.14. The molecule has 10 heavy (non-hydrogen) atoms. The Balaban J connectivity index is 3.40. The lowest BCUT2D eigenvalue weighted by Gasteiger charge is -2.14. The Morgan fingerprint density at radius 3 is 2.60 bits per heavy atom. The fourth-order valence-electron chi connectivity index (χ4n) is 0.878. The van der Waals surface area contributed by atoms with E-state index in [0.717, 1.165) is 6.42 Å². The number of hydrogen-bond donors (Lipinski definition) is 1. The lowest BCUT2D eigenvalue weighted by molar-refractivity contribution is 0.485. The fraction of sp³-hybridized carbons (Fsp3) is 0.778. The van der Waals surface area contributed by atoms with Gasteiger partial charge >= 0.3 is 0 Å². The molecule has 0 spiro atoms. The molecule has 0 fully saturated rings. The third-order valence-electron chi connectivity index (χ3n) is 1.94. The van der Waals surface area contributed by atoms with Gasteiger partial charge < -0.3 is 5.73 Å². The van der Waals surface area contributed by atoms with Crippen molar-refractivity contribution in [1.82, 2.24) is 0 Å². The fourth-order valence-corrected chi connectivity index (χ4v) is 0.878. The van der Waals surface area contributed by atoms with Gasteiger partial charge in [0.25, 0.3) is 0 Å². The first-order chi connectivity index (χ1) is 4.72. The third kappa shape index (κ3) is 3.67. The van der Waals surface area contributed by atoms with Crippen molar-refractivity contribution in [3.63, 3.8) is 0 Å². The molecule has 1 nitrogen and oxygen atoms in total. The first kappa shape index (κ1) is 9.70.